The van der Waals surface area contributed by atoms with Crippen molar-refractivity contribution in [3.05, 3.63) is 48.6 Å². The molecule has 2 heterocycles. The van der Waals surface area contributed by atoms with E-state index in [1.165, 1.54) is 12.1 Å². The molecule has 0 spiro atoms. The Morgan fingerprint density at radius 2 is 1.73 bits per heavy atom. The number of nitrogens with two attached hydrogens (primary N) is 1. The van der Waals surface area contributed by atoms with E-state index in [4.69, 9.17) is 9.88 Å². The Kier molecular flexibility index (Phi) is 4.02. The minimum absolute atomic E-state index is 0.0844. The molecule has 0 bridgehead atoms. The van der Waals surface area contributed by atoms with E-state index in [1.807, 2.05) is 6.08 Å². The van der Waals surface area contributed by atoms with Crippen LogP contribution in [0.25, 0.3) is 16.7 Å². The lowest BCUT2D eigenvalue weighted by molar-refractivity contribution is 0.161. The van der Waals surface area contributed by atoms with E-state index in [1.54, 1.807) is 24.5 Å². The lowest BCUT2D eigenvalue weighted by Crippen LogP contribution is -2.11. The molecule has 1 aliphatic rings. The number of ether oxygens (including phenoxy) is 1. The van der Waals surface area contributed by atoms with Gasteiger partial charge in [0.1, 0.15) is 0 Å². The third-order valence-electron chi connectivity index (χ3n) is 3.42. The fourth-order valence-corrected chi connectivity index (χ4v) is 2.73. The molecule has 1 aliphatic heterocycles. The summed E-state index contributed by atoms with van der Waals surface area (Å²) in [5.74, 6) is 0.702. The van der Waals surface area contributed by atoms with Crippen molar-refractivity contribution in [1.82, 2.24) is 9.97 Å². The van der Waals surface area contributed by atoms with Gasteiger partial charge in [-0.1, -0.05) is 18.2 Å². The first-order chi connectivity index (χ1) is 10.5. The summed E-state index contributed by atoms with van der Waals surface area (Å²) in [4.78, 5) is 8.83. The van der Waals surface area contributed by atoms with Gasteiger partial charge in [0.25, 0.3) is 0 Å². The van der Waals surface area contributed by atoms with E-state index in [0.717, 1.165) is 23.1 Å². The highest BCUT2D eigenvalue weighted by molar-refractivity contribution is 7.89. The molecule has 0 saturated heterocycles. The molecule has 0 amide bonds. The second-order valence-corrected chi connectivity index (χ2v) is 6.48. The third kappa shape index (κ3) is 3.22. The molecular weight excluding hydrogens is 302 g/mol. The van der Waals surface area contributed by atoms with Crippen LogP contribution in [0.1, 0.15) is 12.2 Å². The minimum Gasteiger partial charge on any atom is -0.377 e. The quantitative estimate of drug-likeness (QED) is 0.927. The average Bonchev–Trinajstić information content (AvgIpc) is 2.55. The molecule has 0 aliphatic carbocycles. The lowest BCUT2D eigenvalue weighted by Gasteiger charge is -2.12. The summed E-state index contributed by atoms with van der Waals surface area (Å²) < 4.78 is 27.7. The van der Waals surface area contributed by atoms with Gasteiger partial charge in [0.2, 0.25) is 10.0 Å². The van der Waals surface area contributed by atoms with E-state index in [-0.39, 0.29) is 4.90 Å². The maximum Gasteiger partial charge on any atom is 0.238 e. The van der Waals surface area contributed by atoms with Gasteiger partial charge in [0.05, 0.1) is 18.1 Å². The average molecular weight is 317 g/mol. The highest BCUT2D eigenvalue weighted by Crippen LogP contribution is 2.22. The number of hydrogen-bond acceptors (Lipinski definition) is 5. The van der Waals surface area contributed by atoms with Gasteiger partial charge in [-0.05, 0) is 29.7 Å². The number of rotatable bonds is 3. The van der Waals surface area contributed by atoms with Crippen LogP contribution in [0.4, 0.5) is 0 Å². The Morgan fingerprint density at radius 3 is 2.27 bits per heavy atom. The number of aromatic nitrogens is 2. The predicted octanol–water partition coefficient (Wildman–Crippen LogP) is 1.59. The van der Waals surface area contributed by atoms with E-state index < -0.39 is 10.0 Å². The van der Waals surface area contributed by atoms with Crippen molar-refractivity contribution < 1.29 is 13.2 Å². The van der Waals surface area contributed by atoms with Crippen LogP contribution in [0.2, 0.25) is 0 Å². The van der Waals surface area contributed by atoms with E-state index in [2.05, 4.69) is 9.97 Å². The second kappa shape index (κ2) is 5.96. The normalized spacial score (nSPS) is 15.4. The molecule has 0 atom stereocenters. The molecule has 22 heavy (non-hydrogen) atoms. The maximum absolute atomic E-state index is 11.2. The maximum atomic E-state index is 11.2. The first-order valence-corrected chi connectivity index (χ1v) is 8.31. The predicted molar refractivity (Wildman–Crippen MR) is 82.3 cm³/mol. The molecule has 0 unspecified atom stereocenters. The molecule has 2 N–H and O–H groups in total. The number of benzene rings is 1. The van der Waals surface area contributed by atoms with Crippen molar-refractivity contribution in [3.63, 3.8) is 0 Å². The van der Waals surface area contributed by atoms with Crippen molar-refractivity contribution in [2.45, 2.75) is 11.3 Å². The molecule has 1 aromatic carbocycles. The Bertz CT molecular complexity index is 797. The van der Waals surface area contributed by atoms with E-state index >= 15 is 0 Å². The van der Waals surface area contributed by atoms with Gasteiger partial charge >= 0.3 is 0 Å². The highest BCUT2D eigenvalue weighted by Gasteiger charge is 2.10. The Morgan fingerprint density at radius 1 is 1.05 bits per heavy atom. The molecule has 3 rings (SSSR count). The van der Waals surface area contributed by atoms with Crippen molar-refractivity contribution >= 4 is 15.6 Å². The molecule has 0 radical (unpaired) electrons. The monoisotopic (exact) mass is 317 g/mol. The van der Waals surface area contributed by atoms with Crippen LogP contribution in [-0.2, 0) is 14.8 Å². The first kappa shape index (κ1) is 14.8. The highest BCUT2D eigenvalue weighted by atomic mass is 32.2. The summed E-state index contributed by atoms with van der Waals surface area (Å²) in [6, 6.07) is 6.32. The van der Waals surface area contributed by atoms with Crippen LogP contribution in [0.3, 0.4) is 0 Å². The number of nitrogens with zero attached hydrogens (tertiary/aromatic N) is 2. The molecule has 0 fully saturated rings. The minimum atomic E-state index is -3.67. The van der Waals surface area contributed by atoms with E-state index in [9.17, 15) is 8.42 Å². The van der Waals surface area contributed by atoms with Crippen molar-refractivity contribution in [3.8, 4) is 11.1 Å². The summed E-state index contributed by atoms with van der Waals surface area (Å²) >= 11 is 0. The van der Waals surface area contributed by atoms with Gasteiger partial charge in [-0.2, -0.15) is 0 Å². The SMILES string of the molecule is NS(=O)(=O)c1ccc(-c2cnc(C3=CCOCC3)nc2)cc1. The summed E-state index contributed by atoms with van der Waals surface area (Å²) in [6.07, 6.45) is 6.25. The number of sulfonamides is 1. The largest absolute Gasteiger partial charge is 0.377 e. The lowest BCUT2D eigenvalue weighted by atomic mass is 10.1. The third-order valence-corrected chi connectivity index (χ3v) is 4.35. The summed E-state index contributed by atoms with van der Waals surface area (Å²) in [6.45, 7) is 1.28. The van der Waals surface area contributed by atoms with Gasteiger partial charge in [-0.15, -0.1) is 0 Å². The molecular formula is C15H15N3O3S. The van der Waals surface area contributed by atoms with Crippen LogP contribution < -0.4 is 5.14 Å². The van der Waals surface area contributed by atoms with Gasteiger partial charge in [-0.25, -0.2) is 23.5 Å². The Hall–Kier alpha value is -2.09. The van der Waals surface area contributed by atoms with Crippen LogP contribution >= 0.6 is 0 Å². The molecule has 2 aromatic rings. The summed E-state index contributed by atoms with van der Waals surface area (Å²) in [5, 5.41) is 5.08. The Labute approximate surface area is 128 Å². The van der Waals surface area contributed by atoms with Gasteiger partial charge in [-0.3, -0.25) is 0 Å². The molecule has 6 nitrogen and oxygen atoms in total. The summed E-state index contributed by atoms with van der Waals surface area (Å²) in [7, 11) is -3.67. The van der Waals surface area contributed by atoms with Crippen LogP contribution in [0, 0.1) is 0 Å². The van der Waals surface area contributed by atoms with Crippen LogP contribution in [0.15, 0.2) is 47.6 Å². The standard InChI is InChI=1S/C15H15N3O3S/c16-22(19,20)14-3-1-11(2-4-14)13-9-17-15(18-10-13)12-5-7-21-8-6-12/h1-5,9-10H,6-8H2,(H2,16,19,20). The smallest absolute Gasteiger partial charge is 0.238 e. The molecule has 1 aromatic heterocycles. The zero-order chi connectivity index (χ0) is 15.6. The molecule has 0 saturated carbocycles. The van der Waals surface area contributed by atoms with Gasteiger partial charge in [0, 0.05) is 18.0 Å². The second-order valence-electron chi connectivity index (χ2n) is 4.92. The van der Waals surface area contributed by atoms with Crippen LogP contribution in [-0.4, -0.2) is 31.6 Å². The molecule has 7 heteroatoms. The van der Waals surface area contributed by atoms with Crippen LogP contribution in [0.5, 0.6) is 0 Å². The van der Waals surface area contributed by atoms with Gasteiger partial charge in [0.15, 0.2) is 5.82 Å². The Balaban J connectivity index is 1.85. The first-order valence-electron chi connectivity index (χ1n) is 6.76. The van der Waals surface area contributed by atoms with E-state index in [0.29, 0.717) is 19.0 Å². The topological polar surface area (TPSA) is 95.2 Å². The van der Waals surface area contributed by atoms with Gasteiger partial charge < -0.3 is 4.74 Å². The fourth-order valence-electron chi connectivity index (χ4n) is 2.21. The fraction of sp³-hybridized carbons (Fsp3) is 0.200. The summed E-state index contributed by atoms with van der Waals surface area (Å²) in [5.41, 5.74) is 2.74. The zero-order valence-electron chi connectivity index (χ0n) is 11.8. The van der Waals surface area contributed by atoms with Crippen molar-refractivity contribution in [1.29, 1.82) is 0 Å². The van der Waals surface area contributed by atoms with Crippen molar-refractivity contribution in [2.24, 2.45) is 5.14 Å². The number of hydrogen-bond donors (Lipinski definition) is 1. The number of primary sulfonamides is 1. The zero-order valence-corrected chi connectivity index (χ0v) is 12.6. The molecule has 114 valence electrons. The van der Waals surface area contributed by atoms with Crippen molar-refractivity contribution in [2.75, 3.05) is 13.2 Å².